The predicted octanol–water partition coefficient (Wildman–Crippen LogP) is 5.50. The molecular formula is C29H31F4N4O3PS. The van der Waals surface area contributed by atoms with Gasteiger partial charge in [-0.3, -0.25) is 4.79 Å². The van der Waals surface area contributed by atoms with E-state index in [0.717, 1.165) is 17.9 Å². The van der Waals surface area contributed by atoms with Crippen molar-refractivity contribution < 1.29 is 31.7 Å². The van der Waals surface area contributed by atoms with Crippen LogP contribution in [0, 0.1) is 11.8 Å². The molecule has 2 aliphatic heterocycles. The van der Waals surface area contributed by atoms with E-state index in [0.29, 0.717) is 51.2 Å². The molecule has 2 aliphatic rings. The maximum Gasteiger partial charge on any atom is 0.393 e. The number of thiophene rings is 1. The fourth-order valence-electron chi connectivity index (χ4n) is 5.19. The Morgan fingerprint density at radius 2 is 2.00 bits per heavy atom. The number of rotatable bonds is 6. The van der Waals surface area contributed by atoms with Gasteiger partial charge in [-0.15, -0.1) is 11.3 Å². The predicted molar refractivity (Wildman–Crippen MR) is 161 cm³/mol. The van der Waals surface area contributed by atoms with E-state index < -0.39 is 32.0 Å². The number of benzene rings is 2. The molecule has 42 heavy (non-hydrogen) atoms. The first-order chi connectivity index (χ1) is 19.8. The highest BCUT2D eigenvalue weighted by molar-refractivity contribution is 7.70. The van der Waals surface area contributed by atoms with E-state index in [1.165, 1.54) is 0 Å². The topological polar surface area (TPSA) is 82.7 Å². The van der Waals surface area contributed by atoms with Crippen molar-refractivity contribution in [1.29, 1.82) is 0 Å². The van der Waals surface area contributed by atoms with Crippen LogP contribution in [0.5, 0.6) is 5.75 Å². The summed E-state index contributed by atoms with van der Waals surface area (Å²) in [6.45, 7) is 4.07. The molecule has 0 radical (unpaired) electrons. The monoisotopic (exact) mass is 622 g/mol. The average Bonchev–Trinajstić information content (AvgIpc) is 3.23. The molecule has 0 spiro atoms. The van der Waals surface area contributed by atoms with Gasteiger partial charge in [-0.2, -0.15) is 13.2 Å². The SMILES string of the molecule is CN1CCC(Nc2cccc3c(CC(F)(F)F)c(C#CCNc4ccc(P(C)(C)=O)c5c4OCC(=O)N5)sc23)C(F)C1. The largest absolute Gasteiger partial charge is 0.479 e. The van der Waals surface area contributed by atoms with Gasteiger partial charge in [0, 0.05) is 18.4 Å². The first-order valence-corrected chi connectivity index (χ1v) is 16.8. The number of alkyl halides is 4. The van der Waals surface area contributed by atoms with Crippen LogP contribution in [0.25, 0.3) is 10.1 Å². The third kappa shape index (κ3) is 6.69. The molecule has 13 heteroatoms. The Hall–Kier alpha value is -3.26. The lowest BCUT2D eigenvalue weighted by Gasteiger charge is -2.33. The van der Waals surface area contributed by atoms with E-state index in [2.05, 4.69) is 27.8 Å². The van der Waals surface area contributed by atoms with Crippen molar-refractivity contribution in [3.05, 3.63) is 40.8 Å². The van der Waals surface area contributed by atoms with Crippen molar-refractivity contribution >= 4 is 56.8 Å². The number of amides is 1. The second-order valence-electron chi connectivity index (χ2n) is 10.9. The van der Waals surface area contributed by atoms with Gasteiger partial charge in [-0.05, 0) is 55.9 Å². The number of piperidine rings is 1. The number of nitrogens with zero attached hydrogens (tertiary/aromatic N) is 1. The zero-order valence-electron chi connectivity index (χ0n) is 23.3. The number of nitrogens with one attached hydrogen (secondary N) is 3. The van der Waals surface area contributed by atoms with Gasteiger partial charge < -0.3 is 30.2 Å². The van der Waals surface area contributed by atoms with Crippen LogP contribution in [-0.4, -0.2) is 75.8 Å². The average molecular weight is 623 g/mol. The summed E-state index contributed by atoms with van der Waals surface area (Å²) in [7, 11) is -0.869. The third-order valence-electron chi connectivity index (χ3n) is 7.18. The molecule has 2 atom stereocenters. The van der Waals surface area contributed by atoms with E-state index in [-0.39, 0.29) is 29.5 Å². The van der Waals surface area contributed by atoms with Gasteiger partial charge in [0.05, 0.1) is 45.6 Å². The maximum atomic E-state index is 14.7. The summed E-state index contributed by atoms with van der Waals surface area (Å²) in [4.78, 5) is 14.1. The molecule has 0 saturated carbocycles. The molecule has 0 bridgehead atoms. The van der Waals surface area contributed by atoms with Crippen LogP contribution in [0.2, 0.25) is 0 Å². The molecule has 1 aromatic heterocycles. The van der Waals surface area contributed by atoms with Gasteiger partial charge in [-0.25, -0.2) is 4.39 Å². The molecule has 5 rings (SSSR count). The van der Waals surface area contributed by atoms with Crippen molar-refractivity contribution in [3.63, 3.8) is 0 Å². The Balaban J connectivity index is 1.42. The van der Waals surface area contributed by atoms with Crippen molar-refractivity contribution in [2.75, 3.05) is 62.6 Å². The van der Waals surface area contributed by atoms with Crippen LogP contribution in [0.3, 0.4) is 0 Å². The van der Waals surface area contributed by atoms with Crippen LogP contribution in [0.1, 0.15) is 16.9 Å². The number of hydrogen-bond donors (Lipinski definition) is 3. The Labute approximate surface area is 245 Å². The van der Waals surface area contributed by atoms with E-state index in [4.69, 9.17) is 4.74 Å². The lowest BCUT2D eigenvalue weighted by atomic mass is 10.0. The summed E-state index contributed by atoms with van der Waals surface area (Å²) in [6.07, 6.45) is -6.09. The minimum atomic E-state index is -4.44. The first kappa shape index (κ1) is 30.2. The number of likely N-dealkylation sites (tertiary alicyclic amines) is 1. The third-order valence-corrected chi connectivity index (χ3v) is 9.91. The number of halogens is 4. The normalized spacial score (nSPS) is 19.4. The summed E-state index contributed by atoms with van der Waals surface area (Å²) < 4.78 is 74.5. The van der Waals surface area contributed by atoms with E-state index in [1.54, 1.807) is 43.7 Å². The number of hydrogen-bond acceptors (Lipinski definition) is 7. The van der Waals surface area contributed by atoms with Gasteiger partial charge in [0.1, 0.15) is 13.3 Å². The molecule has 1 amide bonds. The molecule has 2 unspecified atom stereocenters. The van der Waals surface area contributed by atoms with Gasteiger partial charge in [0.15, 0.2) is 12.4 Å². The molecule has 1 fully saturated rings. The molecule has 3 N–H and O–H groups in total. The number of carbonyl (C=O) groups is 1. The van der Waals surface area contributed by atoms with E-state index >= 15 is 0 Å². The van der Waals surface area contributed by atoms with Gasteiger partial charge in [-0.1, -0.05) is 24.0 Å². The fourth-order valence-corrected chi connectivity index (χ4v) is 7.49. The van der Waals surface area contributed by atoms with Crippen LogP contribution in [0.15, 0.2) is 30.3 Å². The number of fused-ring (bicyclic) bond motifs is 2. The summed E-state index contributed by atoms with van der Waals surface area (Å²) in [6, 6.07) is 7.98. The van der Waals surface area contributed by atoms with Crippen molar-refractivity contribution in [1.82, 2.24) is 4.90 Å². The molecule has 0 aliphatic carbocycles. The van der Waals surface area contributed by atoms with E-state index in [9.17, 15) is 26.9 Å². The molecule has 7 nitrogen and oxygen atoms in total. The van der Waals surface area contributed by atoms with Crippen LogP contribution < -0.4 is 26.0 Å². The quantitative estimate of drug-likeness (QED) is 0.191. The zero-order chi connectivity index (χ0) is 30.2. The summed E-state index contributed by atoms with van der Waals surface area (Å²) in [5, 5.41) is 9.98. The first-order valence-electron chi connectivity index (χ1n) is 13.4. The Bertz CT molecular complexity index is 1620. The highest BCUT2D eigenvalue weighted by Crippen LogP contribution is 2.45. The smallest absolute Gasteiger partial charge is 0.393 e. The second kappa shape index (κ2) is 11.8. The number of carbonyl (C=O) groups excluding carboxylic acids is 1. The molecule has 1 saturated heterocycles. The minimum Gasteiger partial charge on any atom is -0.479 e. The molecule has 3 heterocycles. The van der Waals surface area contributed by atoms with Crippen molar-refractivity contribution in [3.8, 4) is 17.6 Å². The number of ether oxygens (including phenoxy) is 1. The number of anilines is 3. The van der Waals surface area contributed by atoms with Crippen molar-refractivity contribution in [2.24, 2.45) is 0 Å². The summed E-state index contributed by atoms with van der Waals surface area (Å²) in [5.74, 6) is 5.80. The van der Waals surface area contributed by atoms with Crippen LogP contribution in [0.4, 0.5) is 34.6 Å². The molecule has 2 aromatic carbocycles. The molecule has 3 aromatic rings. The summed E-state index contributed by atoms with van der Waals surface area (Å²) in [5.41, 5.74) is 1.54. The minimum absolute atomic E-state index is 0.0724. The fraction of sp³-hybridized carbons (Fsp3) is 0.414. The van der Waals surface area contributed by atoms with Gasteiger partial charge >= 0.3 is 6.18 Å². The van der Waals surface area contributed by atoms with Crippen molar-refractivity contribution in [2.45, 2.75) is 31.2 Å². The Morgan fingerprint density at radius 3 is 2.71 bits per heavy atom. The van der Waals surface area contributed by atoms with E-state index in [1.807, 2.05) is 11.9 Å². The highest BCUT2D eigenvalue weighted by atomic mass is 32.1. The summed E-state index contributed by atoms with van der Waals surface area (Å²) >= 11 is 1.16. The van der Waals surface area contributed by atoms with Crippen LogP contribution in [-0.2, 0) is 15.8 Å². The maximum absolute atomic E-state index is 14.7. The zero-order valence-corrected chi connectivity index (χ0v) is 25.0. The van der Waals surface area contributed by atoms with Gasteiger partial charge in [0.25, 0.3) is 5.91 Å². The second-order valence-corrected chi connectivity index (χ2v) is 15.1. The van der Waals surface area contributed by atoms with Gasteiger partial charge in [0.2, 0.25) is 0 Å². The Kier molecular flexibility index (Phi) is 8.48. The van der Waals surface area contributed by atoms with Crippen LogP contribution >= 0.6 is 18.5 Å². The lowest BCUT2D eigenvalue weighted by Crippen LogP contribution is -2.46. The lowest BCUT2D eigenvalue weighted by molar-refractivity contribution is -0.127. The highest BCUT2D eigenvalue weighted by Gasteiger charge is 2.32. The molecular weight excluding hydrogens is 591 g/mol. The molecule has 224 valence electrons. The Morgan fingerprint density at radius 1 is 1.21 bits per heavy atom. The standard InChI is InChI=1S/C29H31F4N4O3PS/c1-37-13-11-20(19(30)15-37)35-22-7-4-6-17-18(14-29(31,32)33)24(42-28(17)22)8-5-12-34-21-9-10-23(41(2,3)39)26-27(21)40-16-25(38)36-26/h4,6-7,9-10,19-20,34-35H,11-16H2,1-3H3,(H,36,38).